The number of nitrogens with one attached hydrogen (secondary N) is 1. The van der Waals surface area contributed by atoms with Gasteiger partial charge < -0.3 is 10.1 Å². The van der Waals surface area contributed by atoms with Crippen LogP contribution in [0.15, 0.2) is 22.3 Å². The molecule has 0 saturated heterocycles. The molecule has 0 unspecified atom stereocenters. The van der Waals surface area contributed by atoms with Gasteiger partial charge in [0.25, 0.3) is 5.56 Å². The molecule has 2 rings (SSSR count). The van der Waals surface area contributed by atoms with Gasteiger partial charge in [-0.15, -0.1) is 22.7 Å². The van der Waals surface area contributed by atoms with E-state index in [9.17, 15) is 14.4 Å². The van der Waals surface area contributed by atoms with Crippen molar-refractivity contribution >= 4 is 46.7 Å². The van der Waals surface area contributed by atoms with E-state index < -0.39 is 5.97 Å². The number of hydrogen-bond acceptors (Lipinski definition) is 6. The molecule has 0 fully saturated rings. The zero-order valence-corrected chi connectivity index (χ0v) is 16.6. The van der Waals surface area contributed by atoms with Gasteiger partial charge in [0.1, 0.15) is 11.2 Å². The maximum absolute atomic E-state index is 12.7. The minimum Gasteiger partial charge on any atom is -0.463 e. The molecule has 0 saturated carbocycles. The van der Waals surface area contributed by atoms with E-state index in [1.807, 2.05) is 31.4 Å². The number of thiophene rings is 1. The first kappa shape index (κ1) is 20.1. The minimum absolute atomic E-state index is 0.133. The van der Waals surface area contributed by atoms with Crippen LogP contribution < -0.4 is 20.1 Å². The number of carbonyl (C=O) groups is 2. The molecule has 26 heavy (non-hydrogen) atoms. The van der Waals surface area contributed by atoms with E-state index in [0.717, 1.165) is 4.88 Å². The van der Waals surface area contributed by atoms with Crippen LogP contribution in [0.4, 0.5) is 0 Å². The van der Waals surface area contributed by atoms with Gasteiger partial charge in [-0.2, -0.15) is 0 Å². The van der Waals surface area contributed by atoms with Crippen LogP contribution in [0.1, 0.15) is 25.6 Å². The van der Waals surface area contributed by atoms with Crippen LogP contribution in [0.5, 0.6) is 0 Å². The van der Waals surface area contributed by atoms with Crippen molar-refractivity contribution in [3.8, 4) is 0 Å². The Balaban J connectivity index is 2.43. The lowest BCUT2D eigenvalue weighted by molar-refractivity contribution is -0.135. The van der Waals surface area contributed by atoms with Crippen LogP contribution in [0.3, 0.4) is 0 Å². The van der Waals surface area contributed by atoms with Crippen molar-refractivity contribution in [2.45, 2.75) is 27.3 Å². The van der Waals surface area contributed by atoms with Gasteiger partial charge >= 0.3 is 5.97 Å². The Morgan fingerprint density at radius 2 is 2.15 bits per heavy atom. The molecule has 1 amide bonds. The Kier molecular flexibility index (Phi) is 7.35. The lowest BCUT2D eigenvalue weighted by atomic mass is 10.2. The normalized spacial score (nSPS) is 12.6. The quantitative estimate of drug-likeness (QED) is 0.709. The Bertz CT molecular complexity index is 924. The van der Waals surface area contributed by atoms with Crippen LogP contribution in [-0.2, 0) is 20.9 Å². The standard InChI is InChI=1S/C18H22N2O4S2/c1-4-24-17(22)9-16-20(11-15(21)19-10-12(2)3)18(23)14(26-16)8-13-6-5-7-25-13/h5-9,12H,4,10-11H2,1-3H3,(H,19,21). The van der Waals surface area contributed by atoms with Crippen molar-refractivity contribution in [3.05, 3.63) is 41.9 Å². The molecule has 0 radical (unpaired) electrons. The highest BCUT2D eigenvalue weighted by atomic mass is 32.1. The molecule has 2 aromatic heterocycles. The van der Waals surface area contributed by atoms with E-state index in [-0.39, 0.29) is 24.6 Å². The summed E-state index contributed by atoms with van der Waals surface area (Å²) in [6, 6.07) is 3.80. The van der Waals surface area contributed by atoms with Gasteiger partial charge in [0, 0.05) is 11.4 Å². The number of ether oxygens (including phenoxy) is 1. The largest absolute Gasteiger partial charge is 0.463 e. The summed E-state index contributed by atoms with van der Waals surface area (Å²) in [4.78, 5) is 37.6. The maximum Gasteiger partial charge on any atom is 0.333 e. The number of esters is 1. The van der Waals surface area contributed by atoms with Gasteiger partial charge in [0.2, 0.25) is 5.91 Å². The Morgan fingerprint density at radius 1 is 1.38 bits per heavy atom. The molecule has 6 nitrogen and oxygen atoms in total. The molecular weight excluding hydrogens is 372 g/mol. The van der Waals surface area contributed by atoms with Gasteiger partial charge in [0.05, 0.1) is 17.2 Å². The van der Waals surface area contributed by atoms with E-state index in [2.05, 4.69) is 5.32 Å². The smallest absolute Gasteiger partial charge is 0.333 e. The summed E-state index contributed by atoms with van der Waals surface area (Å²) < 4.78 is 7.11. The van der Waals surface area contributed by atoms with Gasteiger partial charge in [-0.05, 0) is 30.4 Å². The number of nitrogens with zero attached hydrogens (tertiary/aromatic N) is 1. The minimum atomic E-state index is -0.534. The van der Waals surface area contributed by atoms with Crippen molar-refractivity contribution in [1.29, 1.82) is 0 Å². The van der Waals surface area contributed by atoms with Crippen LogP contribution in [0.2, 0.25) is 0 Å². The number of aromatic nitrogens is 1. The number of rotatable bonds is 7. The predicted octanol–water partition coefficient (Wildman–Crippen LogP) is 0.916. The highest BCUT2D eigenvalue weighted by Gasteiger charge is 2.11. The molecule has 8 heteroatoms. The highest BCUT2D eigenvalue weighted by Crippen LogP contribution is 2.08. The van der Waals surface area contributed by atoms with Crippen molar-refractivity contribution in [2.75, 3.05) is 13.2 Å². The topological polar surface area (TPSA) is 77.4 Å². The van der Waals surface area contributed by atoms with Gasteiger partial charge in [-0.25, -0.2) is 4.79 Å². The lowest BCUT2D eigenvalue weighted by Crippen LogP contribution is -2.39. The summed E-state index contributed by atoms with van der Waals surface area (Å²) in [5.74, 6) is -0.487. The third-order valence-corrected chi connectivity index (χ3v) is 5.17. The first-order valence-corrected chi connectivity index (χ1v) is 10.0. The second-order valence-electron chi connectivity index (χ2n) is 5.95. The van der Waals surface area contributed by atoms with E-state index >= 15 is 0 Å². The zero-order valence-electron chi connectivity index (χ0n) is 15.0. The van der Waals surface area contributed by atoms with E-state index in [0.29, 0.717) is 21.7 Å². The van der Waals surface area contributed by atoms with Gasteiger partial charge in [-0.1, -0.05) is 19.9 Å². The lowest BCUT2D eigenvalue weighted by Gasteiger charge is -2.07. The van der Waals surface area contributed by atoms with Gasteiger partial charge in [0.15, 0.2) is 0 Å². The Hall–Kier alpha value is -2.19. The highest BCUT2D eigenvalue weighted by molar-refractivity contribution is 7.11. The first-order valence-electron chi connectivity index (χ1n) is 8.30. The summed E-state index contributed by atoms with van der Waals surface area (Å²) in [5, 5.41) is 4.71. The molecule has 140 valence electrons. The third kappa shape index (κ3) is 5.67. The predicted molar refractivity (Wildman–Crippen MR) is 105 cm³/mol. The summed E-state index contributed by atoms with van der Waals surface area (Å²) in [6.07, 6.45) is 3.03. The summed E-state index contributed by atoms with van der Waals surface area (Å²) >= 11 is 2.68. The molecule has 0 aliphatic carbocycles. The van der Waals surface area contributed by atoms with Crippen LogP contribution in [-0.4, -0.2) is 29.6 Å². The second kappa shape index (κ2) is 9.49. The van der Waals surface area contributed by atoms with Crippen LogP contribution in [0.25, 0.3) is 12.2 Å². The number of amides is 1. The molecule has 1 N–H and O–H groups in total. The average Bonchev–Trinajstić information content (AvgIpc) is 3.18. The maximum atomic E-state index is 12.7. The third-order valence-electron chi connectivity index (χ3n) is 3.29. The van der Waals surface area contributed by atoms with Crippen molar-refractivity contribution in [2.24, 2.45) is 5.92 Å². The monoisotopic (exact) mass is 394 g/mol. The number of carbonyl (C=O) groups excluding carboxylic acids is 2. The van der Waals surface area contributed by atoms with E-state index in [1.54, 1.807) is 13.0 Å². The SMILES string of the molecule is CCOC(=O)C=c1sc(=Cc2cccs2)c(=O)n1CC(=O)NCC(C)C. The summed E-state index contributed by atoms with van der Waals surface area (Å²) in [6.45, 7) is 6.33. The average molecular weight is 395 g/mol. The Labute approximate surface area is 159 Å². The van der Waals surface area contributed by atoms with Crippen LogP contribution in [0, 0.1) is 5.92 Å². The fourth-order valence-corrected chi connectivity index (χ4v) is 3.85. The molecule has 0 spiro atoms. The fraction of sp³-hybridized carbons (Fsp3) is 0.389. The van der Waals surface area contributed by atoms with E-state index in [1.165, 1.54) is 33.3 Å². The number of hydrogen-bond donors (Lipinski definition) is 1. The van der Waals surface area contributed by atoms with Gasteiger partial charge in [-0.3, -0.25) is 14.2 Å². The molecule has 0 aromatic carbocycles. The van der Waals surface area contributed by atoms with Crippen molar-refractivity contribution < 1.29 is 14.3 Å². The summed E-state index contributed by atoms with van der Waals surface area (Å²) in [7, 11) is 0. The molecule has 0 aliphatic heterocycles. The molecular formula is C18H22N2O4S2. The van der Waals surface area contributed by atoms with Crippen LogP contribution >= 0.6 is 22.7 Å². The number of thiazole rings is 1. The first-order chi connectivity index (χ1) is 12.4. The van der Waals surface area contributed by atoms with Crippen molar-refractivity contribution in [1.82, 2.24) is 9.88 Å². The molecule has 0 atom stereocenters. The zero-order chi connectivity index (χ0) is 19.1. The second-order valence-corrected chi connectivity index (χ2v) is 7.99. The van der Waals surface area contributed by atoms with E-state index in [4.69, 9.17) is 4.74 Å². The molecule has 0 bridgehead atoms. The molecule has 0 aliphatic rings. The van der Waals surface area contributed by atoms with Crippen molar-refractivity contribution in [3.63, 3.8) is 0 Å². The summed E-state index contributed by atoms with van der Waals surface area (Å²) in [5.41, 5.74) is -0.293. The molecule has 2 aromatic rings. The fourth-order valence-electron chi connectivity index (χ4n) is 2.10. The molecule has 2 heterocycles. The Morgan fingerprint density at radius 3 is 2.77 bits per heavy atom.